The standard InChI is InChI=1S/C15H17N3O4S2/c1-3-6-24(20,21)17-15-16-11(9-23-15)10-4-5-13-12(7-10)18(2)14(19)8-22-13/h4-5,7,9H,3,6,8H2,1-2H3,(H,16,17). The van der Waals surface area contributed by atoms with Gasteiger partial charge in [-0.1, -0.05) is 6.92 Å². The zero-order chi connectivity index (χ0) is 17.3. The van der Waals surface area contributed by atoms with Crippen molar-refractivity contribution in [2.45, 2.75) is 13.3 Å². The van der Waals surface area contributed by atoms with Crippen LogP contribution in [-0.4, -0.2) is 38.7 Å². The molecule has 7 nitrogen and oxygen atoms in total. The summed E-state index contributed by atoms with van der Waals surface area (Å²) in [5, 5.41) is 2.11. The second-order valence-corrected chi connectivity index (χ2v) is 8.08. The van der Waals surface area contributed by atoms with Crippen LogP contribution in [0.1, 0.15) is 13.3 Å². The summed E-state index contributed by atoms with van der Waals surface area (Å²) in [6, 6.07) is 5.43. The fourth-order valence-electron chi connectivity index (χ4n) is 2.34. The number of anilines is 2. The van der Waals surface area contributed by atoms with E-state index in [4.69, 9.17) is 4.74 Å². The number of nitrogens with one attached hydrogen (secondary N) is 1. The summed E-state index contributed by atoms with van der Waals surface area (Å²) < 4.78 is 31.5. The average Bonchev–Trinajstić information content (AvgIpc) is 2.98. The SMILES string of the molecule is CCCS(=O)(=O)Nc1nc(-c2ccc3c(c2)N(C)C(=O)CO3)cs1. The van der Waals surface area contributed by atoms with Crippen molar-refractivity contribution in [1.82, 2.24) is 4.98 Å². The minimum absolute atomic E-state index is 0.0307. The number of aromatic nitrogens is 1. The molecule has 0 fully saturated rings. The Hall–Kier alpha value is -2.13. The van der Waals surface area contributed by atoms with Crippen molar-refractivity contribution in [3.8, 4) is 17.0 Å². The summed E-state index contributed by atoms with van der Waals surface area (Å²) in [4.78, 5) is 17.6. The number of carbonyl (C=O) groups is 1. The van der Waals surface area contributed by atoms with Crippen LogP contribution in [0.4, 0.5) is 10.8 Å². The highest BCUT2D eigenvalue weighted by Gasteiger charge is 2.23. The minimum atomic E-state index is -3.36. The third-order valence-corrected chi connectivity index (χ3v) is 5.90. The molecule has 1 aromatic heterocycles. The lowest BCUT2D eigenvalue weighted by Gasteiger charge is -2.26. The smallest absolute Gasteiger partial charge is 0.264 e. The van der Waals surface area contributed by atoms with Gasteiger partial charge in [0.25, 0.3) is 5.91 Å². The van der Waals surface area contributed by atoms with Crippen LogP contribution in [0.2, 0.25) is 0 Å². The Morgan fingerprint density at radius 2 is 2.21 bits per heavy atom. The van der Waals surface area contributed by atoms with Gasteiger partial charge in [0.2, 0.25) is 10.0 Å². The maximum absolute atomic E-state index is 11.8. The molecule has 1 aliphatic heterocycles. The Bertz CT molecular complexity index is 877. The van der Waals surface area contributed by atoms with Crippen molar-refractivity contribution in [2.24, 2.45) is 0 Å². The molecule has 0 unspecified atom stereocenters. The molecule has 9 heteroatoms. The van der Waals surface area contributed by atoms with Crippen LogP contribution in [0, 0.1) is 0 Å². The van der Waals surface area contributed by atoms with Crippen LogP contribution in [0.3, 0.4) is 0 Å². The van der Waals surface area contributed by atoms with E-state index in [1.807, 2.05) is 12.1 Å². The lowest BCUT2D eigenvalue weighted by atomic mass is 10.1. The molecule has 1 amide bonds. The van der Waals surface area contributed by atoms with Crippen molar-refractivity contribution in [2.75, 3.05) is 29.0 Å². The molecule has 0 saturated heterocycles. The van der Waals surface area contributed by atoms with Gasteiger partial charge in [0.15, 0.2) is 11.7 Å². The van der Waals surface area contributed by atoms with Gasteiger partial charge < -0.3 is 9.64 Å². The summed E-state index contributed by atoms with van der Waals surface area (Å²) in [7, 11) is -1.67. The first kappa shape index (κ1) is 16.7. The van der Waals surface area contributed by atoms with Crippen molar-refractivity contribution >= 4 is 38.1 Å². The topological polar surface area (TPSA) is 88.6 Å². The number of benzene rings is 1. The number of thiazole rings is 1. The van der Waals surface area contributed by atoms with Gasteiger partial charge in [0, 0.05) is 18.0 Å². The third kappa shape index (κ3) is 3.36. The molecule has 0 saturated carbocycles. The van der Waals surface area contributed by atoms with Crippen LogP contribution in [0.15, 0.2) is 23.6 Å². The lowest BCUT2D eigenvalue weighted by molar-refractivity contribution is -0.120. The molecular formula is C15H17N3O4S2. The van der Waals surface area contributed by atoms with E-state index in [9.17, 15) is 13.2 Å². The second kappa shape index (κ2) is 6.40. The molecule has 1 N–H and O–H groups in total. The maximum atomic E-state index is 11.8. The molecule has 2 heterocycles. The molecule has 3 rings (SSSR count). The van der Waals surface area contributed by atoms with E-state index in [1.165, 1.54) is 11.3 Å². The summed E-state index contributed by atoms with van der Waals surface area (Å²) in [6.07, 6.45) is 0.540. The largest absolute Gasteiger partial charge is 0.482 e. The Morgan fingerprint density at radius 1 is 1.42 bits per heavy atom. The molecule has 0 radical (unpaired) electrons. The van der Waals surface area contributed by atoms with Crippen LogP contribution in [0.25, 0.3) is 11.3 Å². The number of ether oxygens (including phenoxy) is 1. The van der Waals surface area contributed by atoms with E-state index >= 15 is 0 Å². The highest BCUT2D eigenvalue weighted by atomic mass is 32.2. The molecule has 1 aliphatic rings. The lowest BCUT2D eigenvalue weighted by Crippen LogP contribution is -2.35. The highest BCUT2D eigenvalue weighted by Crippen LogP contribution is 2.36. The zero-order valence-corrected chi connectivity index (χ0v) is 14.9. The van der Waals surface area contributed by atoms with Crippen LogP contribution in [0.5, 0.6) is 5.75 Å². The summed E-state index contributed by atoms with van der Waals surface area (Å²) in [6.45, 7) is 1.84. The van der Waals surface area contributed by atoms with Crippen molar-refractivity contribution in [3.63, 3.8) is 0 Å². The zero-order valence-electron chi connectivity index (χ0n) is 13.3. The summed E-state index contributed by atoms with van der Waals surface area (Å²) >= 11 is 1.22. The average molecular weight is 367 g/mol. The fourth-order valence-corrected chi connectivity index (χ4v) is 4.43. The van der Waals surface area contributed by atoms with Crippen molar-refractivity contribution < 1.29 is 17.9 Å². The first-order valence-corrected chi connectivity index (χ1v) is 9.92. The van der Waals surface area contributed by atoms with Gasteiger partial charge in [-0.2, -0.15) is 0 Å². The van der Waals surface area contributed by atoms with E-state index in [2.05, 4.69) is 9.71 Å². The van der Waals surface area contributed by atoms with Gasteiger partial charge in [0.1, 0.15) is 5.75 Å². The molecule has 0 atom stereocenters. The van der Waals surface area contributed by atoms with Gasteiger partial charge in [0.05, 0.1) is 17.1 Å². The van der Waals surface area contributed by atoms with E-state index in [1.54, 1.807) is 30.3 Å². The first-order valence-electron chi connectivity index (χ1n) is 7.39. The molecule has 128 valence electrons. The number of rotatable bonds is 5. The molecule has 0 aliphatic carbocycles. The number of hydrogen-bond acceptors (Lipinski definition) is 6. The number of fused-ring (bicyclic) bond motifs is 1. The Labute approximate surface area is 144 Å². The first-order chi connectivity index (χ1) is 11.4. The highest BCUT2D eigenvalue weighted by molar-refractivity contribution is 7.92. The molecule has 0 bridgehead atoms. The molecular weight excluding hydrogens is 350 g/mol. The van der Waals surface area contributed by atoms with Gasteiger partial charge >= 0.3 is 0 Å². The molecule has 1 aromatic carbocycles. The number of sulfonamides is 1. The normalized spacial score (nSPS) is 14.2. The Kier molecular flexibility index (Phi) is 4.46. The fraction of sp³-hybridized carbons (Fsp3) is 0.333. The van der Waals surface area contributed by atoms with E-state index < -0.39 is 10.0 Å². The Balaban J connectivity index is 1.87. The minimum Gasteiger partial charge on any atom is -0.482 e. The molecule has 2 aromatic rings. The number of nitrogens with zero attached hydrogens (tertiary/aromatic N) is 2. The van der Waals surface area contributed by atoms with E-state index in [-0.39, 0.29) is 18.3 Å². The van der Waals surface area contributed by atoms with Crippen molar-refractivity contribution in [1.29, 1.82) is 0 Å². The number of likely N-dealkylation sites (N-methyl/N-ethyl adjacent to an activating group) is 1. The third-order valence-electron chi connectivity index (χ3n) is 3.56. The quantitative estimate of drug-likeness (QED) is 0.876. The predicted octanol–water partition coefficient (Wildman–Crippen LogP) is 2.32. The predicted molar refractivity (Wildman–Crippen MR) is 94.2 cm³/mol. The van der Waals surface area contributed by atoms with E-state index in [0.29, 0.717) is 28.7 Å². The number of amides is 1. The van der Waals surface area contributed by atoms with Crippen LogP contribution in [-0.2, 0) is 14.8 Å². The van der Waals surface area contributed by atoms with Crippen LogP contribution >= 0.6 is 11.3 Å². The molecule has 24 heavy (non-hydrogen) atoms. The van der Waals surface area contributed by atoms with Crippen molar-refractivity contribution in [3.05, 3.63) is 23.6 Å². The number of carbonyl (C=O) groups excluding carboxylic acids is 1. The van der Waals surface area contributed by atoms with Gasteiger partial charge in [-0.15, -0.1) is 11.3 Å². The Morgan fingerprint density at radius 3 is 2.96 bits per heavy atom. The number of hydrogen-bond donors (Lipinski definition) is 1. The van der Waals surface area contributed by atoms with Gasteiger partial charge in [-0.3, -0.25) is 9.52 Å². The van der Waals surface area contributed by atoms with E-state index in [0.717, 1.165) is 5.56 Å². The maximum Gasteiger partial charge on any atom is 0.264 e. The second-order valence-electron chi connectivity index (χ2n) is 5.38. The summed E-state index contributed by atoms with van der Waals surface area (Å²) in [5.41, 5.74) is 2.10. The van der Waals surface area contributed by atoms with Crippen LogP contribution < -0.4 is 14.4 Å². The van der Waals surface area contributed by atoms with Gasteiger partial charge in [-0.25, -0.2) is 13.4 Å². The monoisotopic (exact) mass is 367 g/mol. The van der Waals surface area contributed by atoms with Gasteiger partial charge in [-0.05, 0) is 24.6 Å². The summed E-state index contributed by atoms with van der Waals surface area (Å²) in [5.74, 6) is 0.580. The molecule has 0 spiro atoms.